The summed E-state index contributed by atoms with van der Waals surface area (Å²) in [4.78, 5) is 11.1. The average molecular weight is 383 g/mol. The number of hydrogen-bond donors (Lipinski definition) is 1. The number of nitrogens with zero attached hydrogens (tertiary/aromatic N) is 3. The number of aliphatic imine (C=N–C) groups is 1. The first kappa shape index (κ1) is 20.0. The lowest BCUT2D eigenvalue weighted by atomic mass is 9.98. The fourth-order valence-corrected chi connectivity index (χ4v) is 3.44. The molecule has 2 aromatic rings. The molecule has 1 aromatic carbocycles. The van der Waals surface area contributed by atoms with E-state index in [-0.39, 0.29) is 6.10 Å². The Balaban J connectivity index is 1.54. The van der Waals surface area contributed by atoms with Crippen LogP contribution in [0.15, 0.2) is 47.6 Å². The summed E-state index contributed by atoms with van der Waals surface area (Å²) in [7, 11) is 3.53. The number of rotatable bonds is 6. The fraction of sp³-hybridized carbons (Fsp3) is 0.455. The maximum Gasteiger partial charge on any atom is 0.213 e. The van der Waals surface area contributed by atoms with Crippen molar-refractivity contribution in [2.75, 3.05) is 27.2 Å². The highest BCUT2D eigenvalue weighted by atomic mass is 16.5. The molecule has 1 fully saturated rings. The molecule has 1 aliphatic heterocycles. The minimum absolute atomic E-state index is 0.129. The van der Waals surface area contributed by atoms with Gasteiger partial charge in [-0.05, 0) is 43.5 Å². The van der Waals surface area contributed by atoms with Gasteiger partial charge in [0.1, 0.15) is 5.75 Å². The van der Waals surface area contributed by atoms with Gasteiger partial charge < -0.3 is 19.7 Å². The number of pyridine rings is 1. The molecule has 1 saturated heterocycles. The summed E-state index contributed by atoms with van der Waals surface area (Å²) in [6.07, 6.45) is 3.10. The Hall–Kier alpha value is -2.76. The minimum atomic E-state index is 0.129. The topological polar surface area (TPSA) is 59.0 Å². The van der Waals surface area contributed by atoms with Gasteiger partial charge in [0.25, 0.3) is 0 Å². The van der Waals surface area contributed by atoms with Crippen molar-refractivity contribution >= 4 is 5.96 Å². The highest BCUT2D eigenvalue weighted by Crippen LogP contribution is 2.28. The van der Waals surface area contributed by atoms with Crippen LogP contribution >= 0.6 is 0 Å². The summed E-state index contributed by atoms with van der Waals surface area (Å²) in [6, 6.07) is 12.3. The van der Waals surface area contributed by atoms with Crippen LogP contribution in [-0.2, 0) is 6.54 Å². The Morgan fingerprint density at radius 3 is 2.64 bits per heavy atom. The summed E-state index contributed by atoms with van der Waals surface area (Å²) < 4.78 is 10.9. The minimum Gasteiger partial charge on any atom is -0.497 e. The first-order valence-electron chi connectivity index (χ1n) is 9.80. The zero-order valence-corrected chi connectivity index (χ0v) is 17.2. The molecule has 0 aliphatic carbocycles. The number of hydrogen-bond acceptors (Lipinski definition) is 4. The number of benzene rings is 1. The quantitative estimate of drug-likeness (QED) is 0.613. The van der Waals surface area contributed by atoms with Crippen LogP contribution in [0.2, 0.25) is 0 Å². The monoisotopic (exact) mass is 382 g/mol. The number of ether oxygens (including phenoxy) is 2. The van der Waals surface area contributed by atoms with Gasteiger partial charge in [-0.2, -0.15) is 0 Å². The molecule has 3 rings (SSSR count). The van der Waals surface area contributed by atoms with Crippen LogP contribution in [0.25, 0.3) is 0 Å². The van der Waals surface area contributed by atoms with E-state index in [4.69, 9.17) is 9.47 Å². The Bertz CT molecular complexity index is 772. The van der Waals surface area contributed by atoms with Gasteiger partial charge >= 0.3 is 0 Å². The van der Waals surface area contributed by atoms with Crippen molar-refractivity contribution < 1.29 is 9.47 Å². The van der Waals surface area contributed by atoms with Crippen molar-refractivity contribution in [1.29, 1.82) is 0 Å². The molecule has 1 N–H and O–H groups in total. The summed E-state index contributed by atoms with van der Waals surface area (Å²) in [5.41, 5.74) is 2.45. The van der Waals surface area contributed by atoms with E-state index in [1.54, 1.807) is 7.11 Å². The molecule has 0 bridgehead atoms. The molecule has 1 atom stereocenters. The standard InChI is InChI=1S/C22H30N4O2/c1-16(2)28-21-10-5-17(13-24-21)14-25-22(23-3)26-12-11-19(15-26)18-6-8-20(27-4)9-7-18/h5-10,13,16,19H,11-12,14-15H2,1-4H3,(H,23,25). The maximum absolute atomic E-state index is 5.59. The van der Waals surface area contributed by atoms with Crippen LogP contribution in [0, 0.1) is 0 Å². The van der Waals surface area contributed by atoms with E-state index in [1.807, 2.05) is 51.4 Å². The van der Waals surface area contributed by atoms with Crippen LogP contribution in [-0.4, -0.2) is 49.2 Å². The van der Waals surface area contributed by atoms with Gasteiger partial charge in [-0.25, -0.2) is 4.98 Å². The predicted octanol–water partition coefficient (Wildman–Crippen LogP) is 3.44. The van der Waals surface area contributed by atoms with Crippen molar-refractivity contribution in [1.82, 2.24) is 15.2 Å². The highest BCUT2D eigenvalue weighted by Gasteiger charge is 2.26. The lowest BCUT2D eigenvalue weighted by Crippen LogP contribution is -2.39. The second-order valence-electron chi connectivity index (χ2n) is 7.28. The second-order valence-corrected chi connectivity index (χ2v) is 7.28. The molecule has 0 saturated carbocycles. The zero-order valence-electron chi connectivity index (χ0n) is 17.2. The molecule has 6 nitrogen and oxygen atoms in total. The summed E-state index contributed by atoms with van der Waals surface area (Å²) in [6.45, 7) is 6.64. The van der Waals surface area contributed by atoms with Crippen molar-refractivity contribution in [3.63, 3.8) is 0 Å². The van der Waals surface area contributed by atoms with Gasteiger partial charge in [0.05, 0.1) is 13.2 Å². The fourth-order valence-electron chi connectivity index (χ4n) is 3.44. The molecule has 6 heteroatoms. The van der Waals surface area contributed by atoms with E-state index >= 15 is 0 Å². The van der Waals surface area contributed by atoms with Crippen LogP contribution < -0.4 is 14.8 Å². The van der Waals surface area contributed by atoms with E-state index < -0.39 is 0 Å². The summed E-state index contributed by atoms with van der Waals surface area (Å²) in [5.74, 6) is 3.00. The number of guanidine groups is 1. The van der Waals surface area contributed by atoms with Crippen LogP contribution in [0.3, 0.4) is 0 Å². The zero-order chi connectivity index (χ0) is 19.9. The van der Waals surface area contributed by atoms with Gasteiger partial charge in [-0.3, -0.25) is 4.99 Å². The number of methoxy groups -OCH3 is 1. The predicted molar refractivity (Wildman–Crippen MR) is 112 cm³/mol. The normalized spacial score (nSPS) is 17.1. The molecule has 28 heavy (non-hydrogen) atoms. The number of nitrogens with one attached hydrogen (secondary N) is 1. The van der Waals surface area contributed by atoms with Crippen LogP contribution in [0.1, 0.15) is 37.3 Å². The lowest BCUT2D eigenvalue weighted by Gasteiger charge is -2.22. The van der Waals surface area contributed by atoms with Gasteiger partial charge in [0, 0.05) is 44.9 Å². The maximum atomic E-state index is 5.59. The van der Waals surface area contributed by atoms with Crippen molar-refractivity contribution in [3.8, 4) is 11.6 Å². The first-order chi connectivity index (χ1) is 13.6. The average Bonchev–Trinajstić information content (AvgIpc) is 3.19. The first-order valence-corrected chi connectivity index (χ1v) is 9.80. The van der Waals surface area contributed by atoms with E-state index in [2.05, 4.69) is 32.3 Å². The Morgan fingerprint density at radius 2 is 2.04 bits per heavy atom. The third kappa shape index (κ3) is 5.15. The Morgan fingerprint density at radius 1 is 1.25 bits per heavy atom. The SMILES string of the molecule is CN=C(NCc1ccc(OC(C)C)nc1)N1CCC(c2ccc(OC)cc2)C1. The third-order valence-electron chi connectivity index (χ3n) is 4.89. The second kappa shape index (κ2) is 9.44. The van der Waals surface area contributed by atoms with E-state index in [1.165, 1.54) is 5.56 Å². The molecular formula is C22H30N4O2. The molecule has 1 aliphatic rings. The van der Waals surface area contributed by atoms with Gasteiger partial charge in [0.15, 0.2) is 5.96 Å². The Kier molecular flexibility index (Phi) is 6.74. The molecule has 1 unspecified atom stereocenters. The van der Waals surface area contributed by atoms with Crippen LogP contribution in [0.5, 0.6) is 11.6 Å². The van der Waals surface area contributed by atoms with Crippen molar-refractivity contribution in [2.45, 2.75) is 38.8 Å². The number of aromatic nitrogens is 1. The summed E-state index contributed by atoms with van der Waals surface area (Å²) >= 11 is 0. The Labute approximate surface area is 167 Å². The van der Waals surface area contributed by atoms with Crippen molar-refractivity contribution in [2.24, 2.45) is 4.99 Å². The van der Waals surface area contributed by atoms with Crippen molar-refractivity contribution in [3.05, 3.63) is 53.7 Å². The molecule has 0 spiro atoms. The molecule has 1 aromatic heterocycles. The molecule has 150 valence electrons. The summed E-state index contributed by atoms with van der Waals surface area (Å²) in [5, 5.41) is 3.45. The van der Waals surface area contributed by atoms with E-state index in [0.717, 1.165) is 36.8 Å². The third-order valence-corrected chi connectivity index (χ3v) is 4.89. The smallest absolute Gasteiger partial charge is 0.213 e. The number of likely N-dealkylation sites (tertiary alicyclic amines) is 1. The molecular weight excluding hydrogens is 352 g/mol. The largest absolute Gasteiger partial charge is 0.497 e. The molecule has 0 radical (unpaired) electrons. The van der Waals surface area contributed by atoms with Gasteiger partial charge in [-0.15, -0.1) is 0 Å². The highest BCUT2D eigenvalue weighted by molar-refractivity contribution is 5.80. The van der Waals surface area contributed by atoms with E-state index in [0.29, 0.717) is 18.3 Å². The van der Waals surface area contributed by atoms with E-state index in [9.17, 15) is 0 Å². The lowest BCUT2D eigenvalue weighted by molar-refractivity contribution is 0.232. The van der Waals surface area contributed by atoms with Gasteiger partial charge in [0.2, 0.25) is 5.88 Å². The molecule has 2 heterocycles. The van der Waals surface area contributed by atoms with Crippen LogP contribution in [0.4, 0.5) is 0 Å². The molecule has 0 amide bonds. The van der Waals surface area contributed by atoms with Gasteiger partial charge in [-0.1, -0.05) is 18.2 Å².